The standard InChI is InChI=1S/C30H31N5O6S/c1-6-41-22-12-10-21(11-13-22)20(4)33-34-29(37)27(42-30(34)32-24-9-7-8-18(2)19(24)3)17-28(36)31-25-15-14-23(40-5)16-26(25)35(38)39/h7-16,27H,6,17H2,1-5H3,(H,31,36)/b32-30?,33-20-/t27-/m1/s1. The summed E-state index contributed by atoms with van der Waals surface area (Å²) in [6.07, 6.45) is -0.243. The molecule has 1 fully saturated rings. The van der Waals surface area contributed by atoms with E-state index in [0.29, 0.717) is 23.2 Å². The van der Waals surface area contributed by atoms with E-state index in [1.807, 2.05) is 63.2 Å². The van der Waals surface area contributed by atoms with E-state index in [2.05, 4.69) is 10.4 Å². The maximum Gasteiger partial charge on any atom is 0.296 e. The molecule has 0 bridgehead atoms. The molecule has 3 aromatic carbocycles. The molecule has 0 unspecified atom stereocenters. The lowest BCUT2D eigenvalue weighted by Crippen LogP contribution is -2.30. The van der Waals surface area contributed by atoms with E-state index >= 15 is 0 Å². The number of amides is 2. The maximum atomic E-state index is 13.6. The van der Waals surface area contributed by atoms with E-state index in [1.165, 1.54) is 30.3 Å². The van der Waals surface area contributed by atoms with Crippen LogP contribution in [0.4, 0.5) is 17.1 Å². The predicted octanol–water partition coefficient (Wildman–Crippen LogP) is 6.00. The molecule has 1 aliphatic rings. The van der Waals surface area contributed by atoms with Gasteiger partial charge in [0.05, 0.1) is 36.1 Å². The number of nitro benzene ring substituents is 1. The number of hydrazone groups is 1. The summed E-state index contributed by atoms with van der Waals surface area (Å²) in [7, 11) is 1.39. The number of aliphatic imine (C=N–C) groups is 1. The second-order valence-corrected chi connectivity index (χ2v) is 10.6. The number of benzene rings is 3. The number of methoxy groups -OCH3 is 1. The number of thioether (sulfide) groups is 1. The second kappa shape index (κ2) is 13.3. The van der Waals surface area contributed by atoms with Gasteiger partial charge in [-0.1, -0.05) is 23.9 Å². The molecule has 4 rings (SSSR count). The Bertz CT molecular complexity index is 1570. The number of hydrogen-bond donors (Lipinski definition) is 1. The smallest absolute Gasteiger partial charge is 0.296 e. The Labute approximate surface area is 247 Å². The normalized spacial score (nSPS) is 16.1. The van der Waals surface area contributed by atoms with Crippen molar-refractivity contribution in [2.24, 2.45) is 10.1 Å². The first-order chi connectivity index (χ1) is 20.1. The molecule has 1 atom stereocenters. The fourth-order valence-electron chi connectivity index (χ4n) is 4.14. The van der Waals surface area contributed by atoms with Gasteiger partial charge in [0, 0.05) is 6.42 Å². The van der Waals surface area contributed by atoms with E-state index in [1.54, 1.807) is 6.92 Å². The topological polar surface area (TPSA) is 136 Å². The number of aryl methyl sites for hydroxylation is 1. The molecule has 0 aliphatic carbocycles. The van der Waals surface area contributed by atoms with Crippen molar-refractivity contribution in [3.63, 3.8) is 0 Å². The Morgan fingerprint density at radius 2 is 1.83 bits per heavy atom. The van der Waals surface area contributed by atoms with Crippen LogP contribution in [0.5, 0.6) is 11.5 Å². The van der Waals surface area contributed by atoms with Crippen molar-refractivity contribution in [3.05, 3.63) is 87.5 Å². The number of amidine groups is 1. The molecular weight excluding hydrogens is 558 g/mol. The third kappa shape index (κ3) is 6.95. The zero-order valence-corrected chi connectivity index (χ0v) is 24.7. The fraction of sp³-hybridized carbons (Fsp3) is 0.267. The molecule has 11 nitrogen and oxygen atoms in total. The van der Waals surface area contributed by atoms with Crippen LogP contribution in [0.25, 0.3) is 0 Å². The van der Waals surface area contributed by atoms with E-state index in [-0.39, 0.29) is 23.5 Å². The second-order valence-electron chi connectivity index (χ2n) is 9.41. The molecule has 0 spiro atoms. The molecule has 12 heteroatoms. The molecule has 1 saturated heterocycles. The van der Waals surface area contributed by atoms with Crippen LogP contribution in [0.1, 0.15) is 37.0 Å². The lowest BCUT2D eigenvalue weighted by Gasteiger charge is -2.13. The van der Waals surface area contributed by atoms with Crippen LogP contribution >= 0.6 is 11.8 Å². The van der Waals surface area contributed by atoms with Crippen LogP contribution in [0.2, 0.25) is 0 Å². The highest BCUT2D eigenvalue weighted by Crippen LogP contribution is 2.35. The average molecular weight is 590 g/mol. The highest BCUT2D eigenvalue weighted by molar-refractivity contribution is 8.15. The summed E-state index contributed by atoms with van der Waals surface area (Å²) in [6, 6.07) is 17.2. The quantitative estimate of drug-likeness (QED) is 0.174. The van der Waals surface area contributed by atoms with Gasteiger partial charge in [-0.05, 0) is 86.8 Å². The number of nitrogens with one attached hydrogen (secondary N) is 1. The molecule has 2 amide bonds. The SMILES string of the molecule is CCOc1ccc(/C(C)=N\N2C(=O)[C@@H](CC(=O)Nc3ccc(OC)cc3[N+](=O)[O-])SC2=Nc2cccc(C)c2C)cc1. The van der Waals surface area contributed by atoms with Gasteiger partial charge in [-0.25, -0.2) is 4.99 Å². The summed E-state index contributed by atoms with van der Waals surface area (Å²) < 4.78 is 10.6. The Kier molecular flexibility index (Phi) is 9.58. The molecule has 218 valence electrons. The van der Waals surface area contributed by atoms with Crippen molar-refractivity contribution in [1.29, 1.82) is 0 Å². The van der Waals surface area contributed by atoms with Crippen LogP contribution in [0.3, 0.4) is 0 Å². The number of rotatable bonds is 10. The van der Waals surface area contributed by atoms with Crippen molar-refractivity contribution in [2.45, 2.75) is 39.4 Å². The largest absolute Gasteiger partial charge is 0.496 e. The Morgan fingerprint density at radius 3 is 2.50 bits per heavy atom. The minimum atomic E-state index is -0.844. The molecule has 42 heavy (non-hydrogen) atoms. The first-order valence-electron chi connectivity index (χ1n) is 13.2. The number of carbonyl (C=O) groups is 2. The minimum absolute atomic E-state index is 0.00624. The van der Waals surface area contributed by atoms with Crippen LogP contribution in [-0.2, 0) is 9.59 Å². The lowest BCUT2D eigenvalue weighted by molar-refractivity contribution is -0.384. The van der Waals surface area contributed by atoms with E-state index in [4.69, 9.17) is 14.5 Å². The number of ether oxygens (including phenoxy) is 2. The molecule has 0 saturated carbocycles. The Morgan fingerprint density at radius 1 is 1.12 bits per heavy atom. The third-order valence-corrected chi connectivity index (χ3v) is 7.71. The molecule has 1 aliphatic heterocycles. The summed E-state index contributed by atoms with van der Waals surface area (Å²) in [5.41, 5.74) is 3.73. The zero-order chi connectivity index (χ0) is 30.4. The minimum Gasteiger partial charge on any atom is -0.496 e. The maximum absolute atomic E-state index is 13.6. The van der Waals surface area contributed by atoms with Crippen molar-refractivity contribution < 1.29 is 24.0 Å². The van der Waals surface area contributed by atoms with Crippen molar-refractivity contribution in [1.82, 2.24) is 5.01 Å². The highest BCUT2D eigenvalue weighted by atomic mass is 32.2. The van der Waals surface area contributed by atoms with Gasteiger partial charge in [-0.2, -0.15) is 10.1 Å². The monoisotopic (exact) mass is 589 g/mol. The molecule has 0 aromatic heterocycles. The van der Waals surface area contributed by atoms with Crippen molar-refractivity contribution >= 4 is 51.5 Å². The van der Waals surface area contributed by atoms with Crippen LogP contribution in [0.15, 0.2) is 70.8 Å². The Hall–Kier alpha value is -4.71. The van der Waals surface area contributed by atoms with Gasteiger partial charge >= 0.3 is 0 Å². The molecule has 1 N–H and O–H groups in total. The predicted molar refractivity (Wildman–Crippen MR) is 164 cm³/mol. The number of nitro groups is 1. The van der Waals surface area contributed by atoms with Gasteiger partial charge in [-0.3, -0.25) is 19.7 Å². The van der Waals surface area contributed by atoms with Crippen molar-refractivity contribution in [3.8, 4) is 11.5 Å². The zero-order valence-electron chi connectivity index (χ0n) is 23.9. The van der Waals surface area contributed by atoms with Crippen molar-refractivity contribution in [2.75, 3.05) is 19.0 Å². The summed E-state index contributed by atoms with van der Waals surface area (Å²) >= 11 is 1.12. The molecule has 3 aromatic rings. The van der Waals surface area contributed by atoms with E-state index in [9.17, 15) is 19.7 Å². The number of anilines is 1. The highest BCUT2D eigenvalue weighted by Gasteiger charge is 2.40. The summed E-state index contributed by atoms with van der Waals surface area (Å²) in [6.45, 7) is 8.16. The summed E-state index contributed by atoms with van der Waals surface area (Å²) in [5, 5.41) is 19.4. The van der Waals surface area contributed by atoms with Gasteiger partial charge in [0.2, 0.25) is 5.91 Å². The third-order valence-electron chi connectivity index (χ3n) is 6.58. The molecular formula is C30H31N5O6S. The first kappa shape index (κ1) is 30.3. The van der Waals surface area contributed by atoms with Crippen LogP contribution in [0, 0.1) is 24.0 Å². The molecule has 1 heterocycles. The van der Waals surface area contributed by atoms with Gasteiger partial charge < -0.3 is 14.8 Å². The van der Waals surface area contributed by atoms with E-state index in [0.717, 1.165) is 34.2 Å². The molecule has 0 radical (unpaired) electrons. The first-order valence-corrected chi connectivity index (χ1v) is 14.1. The number of nitrogens with zero attached hydrogens (tertiary/aromatic N) is 4. The number of hydrogen-bond acceptors (Lipinski definition) is 9. The lowest BCUT2D eigenvalue weighted by atomic mass is 10.1. The number of carbonyl (C=O) groups excluding carboxylic acids is 2. The fourth-order valence-corrected chi connectivity index (χ4v) is 5.22. The summed E-state index contributed by atoms with van der Waals surface area (Å²) in [4.78, 5) is 42.3. The van der Waals surface area contributed by atoms with Gasteiger partial charge in [0.1, 0.15) is 22.4 Å². The van der Waals surface area contributed by atoms with E-state index < -0.39 is 22.0 Å². The Balaban J connectivity index is 1.62. The van der Waals surface area contributed by atoms with Gasteiger partial charge in [-0.15, -0.1) is 0 Å². The summed E-state index contributed by atoms with van der Waals surface area (Å²) in [5.74, 6) is 0.0233. The van der Waals surface area contributed by atoms with Crippen LogP contribution in [-0.4, -0.2) is 51.6 Å². The average Bonchev–Trinajstić information content (AvgIpc) is 3.24. The van der Waals surface area contributed by atoms with Crippen LogP contribution < -0.4 is 14.8 Å². The van der Waals surface area contributed by atoms with Gasteiger partial charge in [0.15, 0.2) is 5.17 Å². The van der Waals surface area contributed by atoms with Gasteiger partial charge in [0.25, 0.3) is 11.6 Å².